The molecule has 122 valence electrons. The van der Waals surface area contributed by atoms with E-state index in [1.165, 1.54) is 0 Å². The molecule has 5 nitrogen and oxygen atoms in total. The molecule has 23 heavy (non-hydrogen) atoms. The lowest BCUT2D eigenvalue weighted by atomic mass is 9.82. The molecule has 2 aliphatic heterocycles. The number of para-hydroxylation sites is 1. The van der Waals surface area contributed by atoms with Crippen LogP contribution in [-0.4, -0.2) is 45.7 Å². The number of piperidine rings is 2. The Morgan fingerprint density at radius 2 is 2.09 bits per heavy atom. The molecule has 2 bridgehead atoms. The standard InChI is InChI=1S/C18H24N4O/c1-21-13-6-5-7-14(21)11-12(10-13)19-18(23)17-15-8-3-4-9-16(15)22(2)20-17/h3-4,8-9,12-14H,5-7,10-11H2,1-2H3,(H,19,23)/t13-,14-/m1/s1/i1D3,12D. The van der Waals surface area contributed by atoms with Crippen LogP contribution in [0.25, 0.3) is 10.9 Å². The zero-order chi connectivity index (χ0) is 19.4. The van der Waals surface area contributed by atoms with Gasteiger partial charge in [-0.2, -0.15) is 5.10 Å². The fourth-order valence-electron chi connectivity index (χ4n) is 3.92. The predicted molar refractivity (Wildman–Crippen MR) is 90.4 cm³/mol. The van der Waals surface area contributed by atoms with Gasteiger partial charge in [-0.3, -0.25) is 9.48 Å². The number of carbonyl (C=O) groups excluding carboxylic acids is 1. The summed E-state index contributed by atoms with van der Waals surface area (Å²) < 4.78 is 34.0. The average Bonchev–Trinajstić information content (AvgIpc) is 2.90. The van der Waals surface area contributed by atoms with E-state index >= 15 is 0 Å². The molecular weight excluding hydrogens is 288 g/mol. The predicted octanol–water partition coefficient (Wildman–Crippen LogP) is 2.32. The number of rotatable bonds is 2. The van der Waals surface area contributed by atoms with Gasteiger partial charge in [0, 0.05) is 34.6 Å². The Labute approximate surface area is 142 Å². The molecular formula is C18H24N4O. The van der Waals surface area contributed by atoms with Crippen molar-refractivity contribution in [2.45, 2.75) is 50.2 Å². The highest BCUT2D eigenvalue weighted by atomic mass is 16.2. The first-order valence-corrected chi connectivity index (χ1v) is 8.21. The van der Waals surface area contributed by atoms with E-state index in [0.717, 1.165) is 30.2 Å². The normalized spacial score (nSPS) is 34.3. The van der Waals surface area contributed by atoms with E-state index in [-0.39, 0.29) is 18.0 Å². The van der Waals surface area contributed by atoms with Gasteiger partial charge < -0.3 is 10.2 Å². The number of hydrogen-bond donors (Lipinski definition) is 1. The Hall–Kier alpha value is -1.88. The highest BCUT2D eigenvalue weighted by Crippen LogP contribution is 2.32. The molecule has 5 heteroatoms. The van der Waals surface area contributed by atoms with Gasteiger partial charge in [0.2, 0.25) is 0 Å². The Bertz CT molecular complexity index is 864. The fourth-order valence-corrected chi connectivity index (χ4v) is 3.92. The number of fused-ring (bicyclic) bond motifs is 3. The zero-order valence-electron chi connectivity index (χ0n) is 17.2. The van der Waals surface area contributed by atoms with Crippen LogP contribution < -0.4 is 5.32 Å². The van der Waals surface area contributed by atoms with Crippen molar-refractivity contribution >= 4 is 16.8 Å². The van der Waals surface area contributed by atoms with Crippen molar-refractivity contribution in [3.05, 3.63) is 30.0 Å². The van der Waals surface area contributed by atoms with Crippen LogP contribution in [-0.2, 0) is 7.05 Å². The van der Waals surface area contributed by atoms with Crippen molar-refractivity contribution in [3.8, 4) is 0 Å². The first-order valence-electron chi connectivity index (χ1n) is 10.2. The van der Waals surface area contributed by atoms with E-state index in [9.17, 15) is 4.79 Å². The number of amides is 1. The number of aryl methyl sites for hydroxylation is 1. The smallest absolute Gasteiger partial charge is 0.272 e. The number of nitrogens with zero attached hydrogens (tertiary/aromatic N) is 3. The van der Waals surface area contributed by atoms with E-state index < -0.39 is 13.0 Å². The van der Waals surface area contributed by atoms with Gasteiger partial charge in [0.05, 0.1) is 6.89 Å². The van der Waals surface area contributed by atoms with Crippen LogP contribution in [0, 0.1) is 0 Å². The largest absolute Gasteiger partial charge is 0.348 e. The molecule has 1 amide bonds. The third-order valence-electron chi connectivity index (χ3n) is 5.09. The Kier molecular flexibility index (Phi) is 2.65. The van der Waals surface area contributed by atoms with E-state index in [1.807, 2.05) is 24.3 Å². The molecule has 4 rings (SSSR count). The van der Waals surface area contributed by atoms with E-state index in [2.05, 4.69) is 10.4 Å². The van der Waals surface area contributed by atoms with Crippen molar-refractivity contribution < 1.29 is 10.3 Å². The lowest BCUT2D eigenvalue weighted by Crippen LogP contribution is -2.55. The fraction of sp³-hybridized carbons (Fsp3) is 0.556. The van der Waals surface area contributed by atoms with Crippen LogP contribution in [0.4, 0.5) is 0 Å². The summed E-state index contributed by atoms with van der Waals surface area (Å²) in [5, 5.41) is 7.94. The maximum atomic E-state index is 12.9. The van der Waals surface area contributed by atoms with Crippen molar-refractivity contribution in [2.75, 3.05) is 6.98 Å². The van der Waals surface area contributed by atoms with Crippen LogP contribution >= 0.6 is 0 Å². The highest BCUT2D eigenvalue weighted by molar-refractivity contribution is 6.04. The number of carbonyl (C=O) groups is 1. The van der Waals surface area contributed by atoms with Gasteiger partial charge in [0.15, 0.2) is 5.69 Å². The molecule has 0 spiro atoms. The lowest BCUT2D eigenvalue weighted by molar-refractivity contribution is 0.0462. The second-order valence-electron chi connectivity index (χ2n) is 6.60. The van der Waals surface area contributed by atoms with Crippen molar-refractivity contribution in [1.29, 1.82) is 0 Å². The van der Waals surface area contributed by atoms with Gasteiger partial charge >= 0.3 is 0 Å². The number of aromatic nitrogens is 2. The van der Waals surface area contributed by atoms with Crippen molar-refractivity contribution in [2.24, 2.45) is 7.05 Å². The van der Waals surface area contributed by atoms with Crippen molar-refractivity contribution in [1.82, 2.24) is 20.0 Å². The number of hydrogen-bond acceptors (Lipinski definition) is 3. The van der Waals surface area contributed by atoms with E-state index in [0.29, 0.717) is 18.5 Å². The van der Waals surface area contributed by atoms with Crippen LogP contribution in [0.2, 0.25) is 0 Å². The molecule has 0 unspecified atom stereocenters. The third kappa shape index (κ3) is 2.53. The van der Waals surface area contributed by atoms with Crippen LogP contribution in [0.1, 0.15) is 48.1 Å². The van der Waals surface area contributed by atoms with Crippen molar-refractivity contribution in [3.63, 3.8) is 0 Å². The second kappa shape index (κ2) is 5.64. The van der Waals surface area contributed by atoms with Gasteiger partial charge in [-0.25, -0.2) is 0 Å². The average molecular weight is 316 g/mol. The molecule has 2 aliphatic rings. The second-order valence-corrected chi connectivity index (χ2v) is 6.60. The summed E-state index contributed by atoms with van der Waals surface area (Å²) in [7, 11) is 1.79. The maximum absolute atomic E-state index is 12.9. The first-order chi connectivity index (χ1) is 12.7. The molecule has 2 fully saturated rings. The minimum atomic E-state index is -2.15. The number of nitrogens with one attached hydrogen (secondary N) is 1. The highest BCUT2D eigenvalue weighted by Gasteiger charge is 2.36. The van der Waals surface area contributed by atoms with E-state index in [1.54, 1.807) is 16.6 Å². The summed E-state index contributed by atoms with van der Waals surface area (Å²) in [6, 6.07) is 5.91. The topological polar surface area (TPSA) is 50.2 Å². The Morgan fingerprint density at radius 1 is 1.35 bits per heavy atom. The van der Waals surface area contributed by atoms with Gasteiger partial charge in [-0.05, 0) is 38.7 Å². The molecule has 3 heterocycles. The molecule has 1 aromatic carbocycles. The van der Waals surface area contributed by atoms with Gasteiger partial charge in [-0.15, -0.1) is 0 Å². The summed E-state index contributed by atoms with van der Waals surface area (Å²) in [4.78, 5) is 14.5. The summed E-state index contributed by atoms with van der Waals surface area (Å²) in [5.74, 6) is -0.373. The zero-order valence-corrected chi connectivity index (χ0v) is 13.2. The summed E-state index contributed by atoms with van der Waals surface area (Å²) in [6.45, 7) is -2.15. The molecule has 2 aromatic rings. The Balaban J connectivity index is 1.58. The monoisotopic (exact) mass is 316 g/mol. The third-order valence-corrected chi connectivity index (χ3v) is 5.09. The summed E-state index contributed by atoms with van der Waals surface area (Å²) >= 11 is 0. The molecule has 2 atom stereocenters. The van der Waals surface area contributed by atoms with E-state index in [4.69, 9.17) is 5.48 Å². The minimum absolute atomic E-state index is 0.205. The Morgan fingerprint density at radius 3 is 2.83 bits per heavy atom. The molecule has 0 radical (unpaired) electrons. The van der Waals surface area contributed by atoms with Gasteiger partial charge in [0.1, 0.15) is 0 Å². The van der Waals surface area contributed by atoms with Crippen LogP contribution in [0.15, 0.2) is 24.3 Å². The minimum Gasteiger partial charge on any atom is -0.348 e. The molecule has 1 N–H and O–H groups in total. The SMILES string of the molecule is [2H]C1(NC(=O)c2nn(C)c3ccccc23)C[C@H]2CCC[C@H](C1)N2C([2H])([2H])[2H]. The molecule has 1 aromatic heterocycles. The lowest BCUT2D eigenvalue weighted by Gasteiger charge is -2.47. The van der Waals surface area contributed by atoms with Gasteiger partial charge in [0.25, 0.3) is 5.91 Å². The molecule has 2 saturated heterocycles. The first kappa shape index (κ1) is 10.8. The summed E-state index contributed by atoms with van der Waals surface area (Å²) in [5.41, 5.74) is 1.17. The summed E-state index contributed by atoms with van der Waals surface area (Å²) in [6.07, 6.45) is 3.10. The molecule has 0 aliphatic carbocycles. The van der Waals surface area contributed by atoms with Crippen LogP contribution in [0.5, 0.6) is 0 Å². The quantitative estimate of drug-likeness (QED) is 0.925. The van der Waals surface area contributed by atoms with Gasteiger partial charge in [-0.1, -0.05) is 24.6 Å². The number of benzene rings is 1. The molecule has 0 saturated carbocycles. The maximum Gasteiger partial charge on any atom is 0.272 e. The van der Waals surface area contributed by atoms with Crippen LogP contribution in [0.3, 0.4) is 0 Å².